The lowest BCUT2D eigenvalue weighted by molar-refractivity contribution is -0.120. The SMILES string of the molecule is CCCC(=O)Nc1ccc(CNC(=O)Cc2csc(NC(=O)c3ccccc3)n2)cc1. The number of anilines is 2. The third-order valence-electron chi connectivity index (χ3n) is 4.35. The van der Waals surface area contributed by atoms with Gasteiger partial charge in [-0.1, -0.05) is 37.3 Å². The van der Waals surface area contributed by atoms with Gasteiger partial charge in [0.05, 0.1) is 12.1 Å². The highest BCUT2D eigenvalue weighted by atomic mass is 32.1. The first-order valence-electron chi connectivity index (χ1n) is 10.00. The molecule has 2 aromatic carbocycles. The van der Waals surface area contributed by atoms with Crippen molar-refractivity contribution in [2.45, 2.75) is 32.7 Å². The van der Waals surface area contributed by atoms with Crippen molar-refractivity contribution in [1.82, 2.24) is 10.3 Å². The average Bonchev–Trinajstić information content (AvgIpc) is 3.20. The Kier molecular flexibility index (Phi) is 7.89. The van der Waals surface area contributed by atoms with E-state index in [-0.39, 0.29) is 24.1 Å². The summed E-state index contributed by atoms with van der Waals surface area (Å²) in [6, 6.07) is 16.2. The van der Waals surface area contributed by atoms with Gasteiger partial charge in [-0.15, -0.1) is 11.3 Å². The lowest BCUT2D eigenvalue weighted by Gasteiger charge is -2.07. The molecule has 1 aromatic heterocycles. The third kappa shape index (κ3) is 7.04. The lowest BCUT2D eigenvalue weighted by atomic mass is 10.2. The zero-order chi connectivity index (χ0) is 22.1. The van der Waals surface area contributed by atoms with E-state index in [0.717, 1.165) is 17.7 Å². The molecule has 0 unspecified atom stereocenters. The number of amides is 3. The number of carbonyl (C=O) groups is 3. The van der Waals surface area contributed by atoms with Crippen molar-refractivity contribution in [3.8, 4) is 0 Å². The van der Waals surface area contributed by atoms with Gasteiger partial charge in [-0.2, -0.15) is 0 Å². The molecule has 0 atom stereocenters. The summed E-state index contributed by atoms with van der Waals surface area (Å²) in [5.41, 5.74) is 2.81. The minimum atomic E-state index is -0.236. The van der Waals surface area contributed by atoms with E-state index in [1.54, 1.807) is 29.6 Å². The number of nitrogens with zero attached hydrogens (tertiary/aromatic N) is 1. The van der Waals surface area contributed by atoms with Crippen LogP contribution in [0.15, 0.2) is 60.0 Å². The minimum Gasteiger partial charge on any atom is -0.352 e. The van der Waals surface area contributed by atoms with Gasteiger partial charge in [0.25, 0.3) is 5.91 Å². The van der Waals surface area contributed by atoms with E-state index in [0.29, 0.717) is 29.4 Å². The molecule has 0 aliphatic rings. The first-order chi connectivity index (χ1) is 15.0. The fraction of sp³-hybridized carbons (Fsp3) is 0.217. The van der Waals surface area contributed by atoms with Crippen LogP contribution in [0.3, 0.4) is 0 Å². The number of hydrogen-bond donors (Lipinski definition) is 3. The molecule has 0 fully saturated rings. The zero-order valence-electron chi connectivity index (χ0n) is 17.2. The molecule has 160 valence electrons. The summed E-state index contributed by atoms with van der Waals surface area (Å²) in [6.07, 6.45) is 1.42. The molecule has 0 bridgehead atoms. The number of carbonyl (C=O) groups excluding carboxylic acids is 3. The number of nitrogens with one attached hydrogen (secondary N) is 3. The van der Waals surface area contributed by atoms with Gasteiger partial charge in [-0.3, -0.25) is 19.7 Å². The number of thiazole rings is 1. The molecule has 3 aromatic rings. The molecule has 3 amide bonds. The van der Waals surface area contributed by atoms with E-state index >= 15 is 0 Å². The number of benzene rings is 2. The highest BCUT2D eigenvalue weighted by molar-refractivity contribution is 7.14. The molecule has 1 heterocycles. The van der Waals surface area contributed by atoms with Crippen LogP contribution in [0.25, 0.3) is 0 Å². The van der Waals surface area contributed by atoms with E-state index in [4.69, 9.17) is 0 Å². The Morgan fingerprint density at radius 3 is 2.39 bits per heavy atom. The Hall–Kier alpha value is -3.52. The van der Waals surface area contributed by atoms with Crippen LogP contribution in [-0.2, 0) is 22.6 Å². The first kappa shape index (κ1) is 22.2. The fourth-order valence-corrected chi connectivity index (χ4v) is 3.49. The van der Waals surface area contributed by atoms with Gasteiger partial charge < -0.3 is 10.6 Å². The molecule has 7 nitrogen and oxygen atoms in total. The standard InChI is InChI=1S/C23H24N4O3S/c1-2-6-20(28)25-18-11-9-16(10-12-18)14-24-21(29)13-19-15-31-23(26-19)27-22(30)17-7-4-3-5-8-17/h3-5,7-12,15H,2,6,13-14H2,1H3,(H,24,29)(H,25,28)(H,26,27,30). The summed E-state index contributed by atoms with van der Waals surface area (Å²) in [4.78, 5) is 40.3. The van der Waals surface area contributed by atoms with Crippen LogP contribution in [-0.4, -0.2) is 22.7 Å². The highest BCUT2D eigenvalue weighted by Gasteiger charge is 2.11. The van der Waals surface area contributed by atoms with Crippen LogP contribution < -0.4 is 16.0 Å². The lowest BCUT2D eigenvalue weighted by Crippen LogP contribution is -2.24. The van der Waals surface area contributed by atoms with Gasteiger partial charge in [-0.25, -0.2) is 4.98 Å². The summed E-state index contributed by atoms with van der Waals surface area (Å²) >= 11 is 1.28. The molecule has 0 aliphatic heterocycles. The molecule has 0 spiro atoms. The second-order valence-corrected chi connectivity index (χ2v) is 7.77. The minimum absolute atomic E-state index is 0.00820. The van der Waals surface area contributed by atoms with Gasteiger partial charge in [0.1, 0.15) is 0 Å². The maximum atomic E-state index is 12.2. The van der Waals surface area contributed by atoms with Crippen molar-refractivity contribution >= 4 is 39.9 Å². The molecule has 0 saturated carbocycles. The molecule has 0 radical (unpaired) electrons. The Morgan fingerprint density at radius 2 is 1.68 bits per heavy atom. The predicted octanol–water partition coefficient (Wildman–Crippen LogP) is 3.99. The van der Waals surface area contributed by atoms with Crippen LogP contribution in [0, 0.1) is 0 Å². The molecule has 3 rings (SSSR count). The van der Waals surface area contributed by atoms with Crippen molar-refractivity contribution in [1.29, 1.82) is 0 Å². The largest absolute Gasteiger partial charge is 0.352 e. The molecule has 3 N–H and O–H groups in total. The van der Waals surface area contributed by atoms with Crippen molar-refractivity contribution in [2.75, 3.05) is 10.6 Å². The Morgan fingerprint density at radius 1 is 0.935 bits per heavy atom. The predicted molar refractivity (Wildman–Crippen MR) is 122 cm³/mol. The van der Waals surface area contributed by atoms with Gasteiger partial charge in [0.2, 0.25) is 11.8 Å². The van der Waals surface area contributed by atoms with Crippen LogP contribution in [0.1, 0.15) is 41.4 Å². The quantitative estimate of drug-likeness (QED) is 0.472. The normalized spacial score (nSPS) is 10.4. The zero-order valence-corrected chi connectivity index (χ0v) is 18.0. The molecule has 0 aliphatic carbocycles. The van der Waals surface area contributed by atoms with E-state index in [1.807, 2.05) is 37.3 Å². The van der Waals surface area contributed by atoms with Crippen molar-refractivity contribution in [3.63, 3.8) is 0 Å². The summed E-state index contributed by atoms with van der Waals surface area (Å²) in [5.74, 6) is -0.405. The second-order valence-electron chi connectivity index (χ2n) is 6.91. The van der Waals surface area contributed by atoms with Crippen molar-refractivity contribution in [3.05, 3.63) is 76.8 Å². The number of rotatable bonds is 9. The fourth-order valence-electron chi connectivity index (χ4n) is 2.79. The maximum Gasteiger partial charge on any atom is 0.257 e. The van der Waals surface area contributed by atoms with Crippen LogP contribution in [0.5, 0.6) is 0 Å². The Bertz CT molecular complexity index is 1030. The Balaban J connectivity index is 1.45. The van der Waals surface area contributed by atoms with Crippen LogP contribution in [0.2, 0.25) is 0 Å². The van der Waals surface area contributed by atoms with Gasteiger partial charge >= 0.3 is 0 Å². The van der Waals surface area contributed by atoms with E-state index < -0.39 is 0 Å². The van der Waals surface area contributed by atoms with Gasteiger partial charge in [-0.05, 0) is 36.2 Å². The first-order valence-corrected chi connectivity index (χ1v) is 10.9. The van der Waals surface area contributed by atoms with E-state index in [1.165, 1.54) is 11.3 Å². The highest BCUT2D eigenvalue weighted by Crippen LogP contribution is 2.17. The summed E-state index contributed by atoms with van der Waals surface area (Å²) in [7, 11) is 0. The molecular weight excluding hydrogens is 412 g/mol. The molecule has 0 saturated heterocycles. The van der Waals surface area contributed by atoms with Crippen LogP contribution >= 0.6 is 11.3 Å². The Labute approximate surface area is 184 Å². The smallest absolute Gasteiger partial charge is 0.257 e. The average molecular weight is 437 g/mol. The van der Waals surface area contributed by atoms with E-state index in [2.05, 4.69) is 20.9 Å². The summed E-state index contributed by atoms with van der Waals surface area (Å²) in [6.45, 7) is 2.34. The topological polar surface area (TPSA) is 100 Å². The van der Waals surface area contributed by atoms with Gasteiger partial charge in [0, 0.05) is 29.6 Å². The maximum absolute atomic E-state index is 12.2. The van der Waals surface area contributed by atoms with Crippen molar-refractivity contribution in [2.24, 2.45) is 0 Å². The summed E-state index contributed by atoms with van der Waals surface area (Å²) in [5, 5.41) is 10.6. The molecular formula is C23H24N4O3S. The molecule has 8 heteroatoms. The number of aromatic nitrogens is 1. The second kappa shape index (κ2) is 11.0. The van der Waals surface area contributed by atoms with Gasteiger partial charge in [0.15, 0.2) is 5.13 Å². The van der Waals surface area contributed by atoms with Crippen LogP contribution in [0.4, 0.5) is 10.8 Å². The summed E-state index contributed by atoms with van der Waals surface area (Å²) < 4.78 is 0. The van der Waals surface area contributed by atoms with Crippen molar-refractivity contribution < 1.29 is 14.4 Å². The van der Waals surface area contributed by atoms with E-state index in [9.17, 15) is 14.4 Å². The molecule has 31 heavy (non-hydrogen) atoms. The third-order valence-corrected chi connectivity index (χ3v) is 5.16. The monoisotopic (exact) mass is 436 g/mol. The number of hydrogen-bond acceptors (Lipinski definition) is 5.